The summed E-state index contributed by atoms with van der Waals surface area (Å²) in [5.74, 6) is 0. The Morgan fingerprint density at radius 2 is 1.97 bits per heavy atom. The van der Waals surface area contributed by atoms with Crippen molar-refractivity contribution in [3.63, 3.8) is 0 Å². The highest BCUT2D eigenvalue weighted by molar-refractivity contribution is 5.43. The first-order chi connectivity index (χ1) is 14.6. The van der Waals surface area contributed by atoms with Gasteiger partial charge in [-0.15, -0.1) is 0 Å². The highest BCUT2D eigenvalue weighted by Gasteiger charge is 2.22. The van der Waals surface area contributed by atoms with Crippen LogP contribution in [0.2, 0.25) is 0 Å². The van der Waals surface area contributed by atoms with Crippen molar-refractivity contribution in [2.75, 3.05) is 6.54 Å². The van der Waals surface area contributed by atoms with Crippen molar-refractivity contribution >= 4 is 0 Å². The molecular formula is C29H45N. The van der Waals surface area contributed by atoms with Gasteiger partial charge in [0.1, 0.15) is 0 Å². The van der Waals surface area contributed by atoms with E-state index in [9.17, 15) is 0 Å². The summed E-state index contributed by atoms with van der Waals surface area (Å²) in [6.07, 6.45) is 21.4. The first-order valence-corrected chi connectivity index (χ1v) is 12.4. The van der Waals surface area contributed by atoms with Crippen LogP contribution in [0.1, 0.15) is 94.9 Å². The van der Waals surface area contributed by atoms with Crippen LogP contribution in [-0.2, 0) is 25.8 Å². The SMILES string of the molecule is C=C(C)/C=C\C/C=C\CCCc1ccc2c(c1CC)CCN(C(C)CCCCC)C2. The van der Waals surface area contributed by atoms with Crippen molar-refractivity contribution < 1.29 is 0 Å². The number of benzene rings is 1. The zero-order valence-electron chi connectivity index (χ0n) is 20.2. The van der Waals surface area contributed by atoms with Crippen LogP contribution in [0.25, 0.3) is 0 Å². The van der Waals surface area contributed by atoms with Gasteiger partial charge in [-0.2, -0.15) is 0 Å². The molecule has 1 aromatic carbocycles. The van der Waals surface area contributed by atoms with Crippen LogP contribution in [0.4, 0.5) is 0 Å². The third kappa shape index (κ3) is 7.91. The van der Waals surface area contributed by atoms with Gasteiger partial charge in [-0.1, -0.05) is 81.7 Å². The van der Waals surface area contributed by atoms with Crippen molar-refractivity contribution in [2.45, 2.75) is 104 Å². The summed E-state index contributed by atoms with van der Waals surface area (Å²) < 4.78 is 0. The van der Waals surface area contributed by atoms with E-state index >= 15 is 0 Å². The number of rotatable bonds is 13. The van der Waals surface area contributed by atoms with Crippen LogP contribution < -0.4 is 0 Å². The Bertz CT molecular complexity index is 709. The molecule has 2 rings (SSSR count). The smallest absolute Gasteiger partial charge is 0.0239 e. The van der Waals surface area contributed by atoms with Crippen LogP contribution in [0, 0.1) is 0 Å². The minimum absolute atomic E-state index is 0.714. The van der Waals surface area contributed by atoms with Gasteiger partial charge < -0.3 is 0 Å². The van der Waals surface area contributed by atoms with Crippen molar-refractivity contribution in [3.05, 3.63) is 70.8 Å². The van der Waals surface area contributed by atoms with Gasteiger partial charge in [0, 0.05) is 19.1 Å². The number of hydrogen-bond acceptors (Lipinski definition) is 1. The lowest BCUT2D eigenvalue weighted by molar-refractivity contribution is 0.179. The molecule has 1 heteroatoms. The van der Waals surface area contributed by atoms with E-state index in [1.54, 1.807) is 22.3 Å². The van der Waals surface area contributed by atoms with E-state index in [4.69, 9.17) is 0 Å². The quantitative estimate of drug-likeness (QED) is 0.182. The van der Waals surface area contributed by atoms with E-state index in [0.717, 1.165) is 18.5 Å². The van der Waals surface area contributed by atoms with Crippen LogP contribution >= 0.6 is 0 Å². The number of nitrogens with zero attached hydrogens (tertiary/aromatic N) is 1. The molecule has 30 heavy (non-hydrogen) atoms. The molecular weight excluding hydrogens is 362 g/mol. The largest absolute Gasteiger partial charge is 0.296 e. The predicted molar refractivity (Wildman–Crippen MR) is 134 cm³/mol. The minimum atomic E-state index is 0.714. The average molecular weight is 408 g/mol. The Morgan fingerprint density at radius 3 is 2.70 bits per heavy atom. The summed E-state index contributed by atoms with van der Waals surface area (Å²) in [4.78, 5) is 2.71. The predicted octanol–water partition coefficient (Wildman–Crippen LogP) is 7.98. The highest BCUT2D eigenvalue weighted by atomic mass is 15.2. The molecule has 1 aromatic rings. The monoisotopic (exact) mass is 407 g/mol. The first kappa shape index (κ1) is 24.7. The van der Waals surface area contributed by atoms with E-state index in [2.05, 4.69) is 68.7 Å². The van der Waals surface area contributed by atoms with Gasteiger partial charge in [0.25, 0.3) is 0 Å². The second kappa shape index (κ2) is 13.7. The lowest BCUT2D eigenvalue weighted by Crippen LogP contribution is -2.38. The maximum atomic E-state index is 3.90. The van der Waals surface area contributed by atoms with E-state index in [1.807, 2.05) is 6.92 Å². The molecule has 0 aliphatic carbocycles. The van der Waals surface area contributed by atoms with Gasteiger partial charge in [0.2, 0.25) is 0 Å². The van der Waals surface area contributed by atoms with Crippen LogP contribution in [0.15, 0.2) is 48.6 Å². The third-order valence-corrected chi connectivity index (χ3v) is 6.51. The Balaban J connectivity index is 1.88. The van der Waals surface area contributed by atoms with Gasteiger partial charge in [-0.05, 0) is 81.0 Å². The van der Waals surface area contributed by atoms with Crippen LogP contribution in [0.5, 0.6) is 0 Å². The Morgan fingerprint density at radius 1 is 1.13 bits per heavy atom. The maximum Gasteiger partial charge on any atom is 0.0239 e. The zero-order valence-corrected chi connectivity index (χ0v) is 20.2. The molecule has 0 spiro atoms. The molecule has 0 saturated heterocycles. The maximum absolute atomic E-state index is 3.90. The molecule has 1 aliphatic heterocycles. The molecule has 166 valence electrons. The second-order valence-corrected chi connectivity index (χ2v) is 9.11. The van der Waals surface area contributed by atoms with Gasteiger partial charge in [0.15, 0.2) is 0 Å². The van der Waals surface area contributed by atoms with Crippen molar-refractivity contribution in [1.29, 1.82) is 0 Å². The molecule has 0 saturated carbocycles. The van der Waals surface area contributed by atoms with Crippen LogP contribution in [0.3, 0.4) is 0 Å². The number of unbranched alkanes of at least 4 members (excludes halogenated alkanes) is 3. The Labute approximate surface area is 187 Å². The lowest BCUT2D eigenvalue weighted by atomic mass is 9.87. The number of allylic oxidation sites excluding steroid dienone is 5. The van der Waals surface area contributed by atoms with Crippen molar-refractivity contribution in [2.24, 2.45) is 0 Å². The molecule has 0 N–H and O–H groups in total. The summed E-state index contributed by atoms with van der Waals surface area (Å²) >= 11 is 0. The summed E-state index contributed by atoms with van der Waals surface area (Å²) in [6.45, 7) is 15.4. The van der Waals surface area contributed by atoms with Crippen LogP contribution in [-0.4, -0.2) is 17.5 Å². The molecule has 1 nitrogen and oxygen atoms in total. The number of fused-ring (bicyclic) bond motifs is 1. The fraction of sp³-hybridized carbons (Fsp3) is 0.586. The summed E-state index contributed by atoms with van der Waals surface area (Å²) in [5, 5.41) is 0. The number of hydrogen-bond donors (Lipinski definition) is 0. The standard InChI is InChI=1S/C29H45N/c1-6-8-13-17-25(5)30-22-21-29-27(23-30)20-19-26(28(29)7-2)18-15-12-10-9-11-14-16-24(3)4/h9-10,14,16,19-20,25H,3,6-8,11-13,15,17-18,21-23H2,1-2,4-5H3/b10-9-,16-14-. The fourth-order valence-corrected chi connectivity index (χ4v) is 4.70. The third-order valence-electron chi connectivity index (χ3n) is 6.51. The molecule has 0 amide bonds. The van der Waals surface area contributed by atoms with Gasteiger partial charge in [-0.25, -0.2) is 0 Å². The Kier molecular flexibility index (Phi) is 11.2. The summed E-state index contributed by atoms with van der Waals surface area (Å²) in [6, 6.07) is 5.58. The zero-order chi connectivity index (χ0) is 21.8. The average Bonchev–Trinajstić information content (AvgIpc) is 2.74. The second-order valence-electron chi connectivity index (χ2n) is 9.11. The summed E-state index contributed by atoms with van der Waals surface area (Å²) in [5.41, 5.74) is 7.63. The normalized spacial score (nSPS) is 15.7. The molecule has 1 aliphatic rings. The van der Waals surface area contributed by atoms with E-state index < -0.39 is 0 Å². The van der Waals surface area contributed by atoms with E-state index in [0.29, 0.717) is 6.04 Å². The lowest BCUT2D eigenvalue weighted by Gasteiger charge is -2.35. The summed E-state index contributed by atoms with van der Waals surface area (Å²) in [7, 11) is 0. The van der Waals surface area contributed by atoms with Gasteiger partial charge in [0.05, 0.1) is 0 Å². The molecule has 0 radical (unpaired) electrons. The highest BCUT2D eigenvalue weighted by Crippen LogP contribution is 2.28. The first-order valence-electron chi connectivity index (χ1n) is 12.4. The van der Waals surface area contributed by atoms with E-state index in [1.165, 1.54) is 64.3 Å². The van der Waals surface area contributed by atoms with Crippen molar-refractivity contribution in [1.82, 2.24) is 4.90 Å². The van der Waals surface area contributed by atoms with E-state index in [-0.39, 0.29) is 0 Å². The van der Waals surface area contributed by atoms with Gasteiger partial charge >= 0.3 is 0 Å². The molecule has 0 aromatic heterocycles. The molecule has 1 heterocycles. The molecule has 0 bridgehead atoms. The Hall–Kier alpha value is -1.60. The minimum Gasteiger partial charge on any atom is -0.296 e. The fourth-order valence-electron chi connectivity index (χ4n) is 4.70. The number of aryl methyl sites for hydroxylation is 1. The van der Waals surface area contributed by atoms with Gasteiger partial charge in [-0.3, -0.25) is 4.90 Å². The topological polar surface area (TPSA) is 3.24 Å². The van der Waals surface area contributed by atoms with Crippen molar-refractivity contribution in [3.8, 4) is 0 Å². The molecule has 1 unspecified atom stereocenters. The molecule has 0 fully saturated rings. The molecule has 1 atom stereocenters.